The first kappa shape index (κ1) is 8.52. The Morgan fingerprint density at radius 2 is 2.08 bits per heavy atom. The Bertz CT molecular complexity index is 154. The molecule has 0 aromatic heterocycles. The molecule has 0 aromatic rings. The van der Waals surface area contributed by atoms with Crippen molar-refractivity contribution in [3.63, 3.8) is 0 Å². The summed E-state index contributed by atoms with van der Waals surface area (Å²) >= 11 is 0. The molecule has 2 heteroatoms. The van der Waals surface area contributed by atoms with Gasteiger partial charge in [-0.3, -0.25) is 0 Å². The van der Waals surface area contributed by atoms with Crippen molar-refractivity contribution in [2.45, 2.75) is 38.3 Å². The van der Waals surface area contributed by atoms with Gasteiger partial charge >= 0.3 is 0 Å². The lowest BCUT2D eigenvalue weighted by molar-refractivity contribution is 0.375. The van der Waals surface area contributed by atoms with E-state index in [1.807, 2.05) is 0 Å². The average Bonchev–Trinajstić information content (AvgIpc) is 2.78. The molecule has 70 valence electrons. The van der Waals surface area contributed by atoms with Gasteiger partial charge in [-0.15, -0.1) is 0 Å². The Balaban J connectivity index is 1.71. The number of nitrogens with zero attached hydrogens (tertiary/aromatic N) is 1. The lowest BCUT2D eigenvalue weighted by Crippen LogP contribution is -2.39. The Kier molecular flexibility index (Phi) is 2.37. The number of nitrogens with one attached hydrogen (secondary N) is 1. The first-order chi connectivity index (χ1) is 5.75. The smallest absolute Gasteiger partial charge is 0.0209 e. The Morgan fingerprint density at radius 3 is 2.58 bits per heavy atom. The van der Waals surface area contributed by atoms with Crippen LogP contribution in [0.5, 0.6) is 0 Å². The second-order valence-corrected chi connectivity index (χ2v) is 4.54. The van der Waals surface area contributed by atoms with Crippen molar-refractivity contribution in [1.82, 2.24) is 10.2 Å². The fourth-order valence-corrected chi connectivity index (χ4v) is 2.18. The maximum atomic E-state index is 3.73. The summed E-state index contributed by atoms with van der Waals surface area (Å²) < 4.78 is 0. The Labute approximate surface area is 75.3 Å². The van der Waals surface area contributed by atoms with E-state index in [1.165, 1.54) is 32.4 Å². The molecule has 0 spiro atoms. The minimum absolute atomic E-state index is 0.765. The van der Waals surface area contributed by atoms with Crippen LogP contribution >= 0.6 is 0 Å². The van der Waals surface area contributed by atoms with Crippen LogP contribution in [-0.2, 0) is 0 Å². The quantitative estimate of drug-likeness (QED) is 0.678. The highest BCUT2D eigenvalue weighted by molar-refractivity contribution is 4.88. The number of likely N-dealkylation sites (N-methyl/N-ethyl adjacent to an activating group) is 1. The summed E-state index contributed by atoms with van der Waals surface area (Å²) in [7, 11) is 2.21. The predicted molar refractivity (Wildman–Crippen MR) is 51.2 cm³/mol. The molecule has 2 aliphatic rings. The molecular weight excluding hydrogens is 148 g/mol. The van der Waals surface area contributed by atoms with Crippen LogP contribution in [0.1, 0.15) is 26.2 Å². The van der Waals surface area contributed by atoms with Crippen LogP contribution in [0.15, 0.2) is 0 Å². The highest BCUT2D eigenvalue weighted by Gasteiger charge is 2.30. The van der Waals surface area contributed by atoms with E-state index in [4.69, 9.17) is 0 Å². The highest BCUT2D eigenvalue weighted by atomic mass is 15.2. The maximum absolute atomic E-state index is 3.73. The van der Waals surface area contributed by atoms with Crippen molar-refractivity contribution >= 4 is 0 Å². The number of hydrogen-bond donors (Lipinski definition) is 1. The molecule has 2 atom stereocenters. The van der Waals surface area contributed by atoms with Crippen molar-refractivity contribution in [3.8, 4) is 0 Å². The SMILES string of the molecule is C[C@@H](N[C@H]1CCN(C)C1)C1CC1. The molecule has 0 amide bonds. The van der Waals surface area contributed by atoms with E-state index in [0.29, 0.717) is 0 Å². The van der Waals surface area contributed by atoms with Crippen molar-refractivity contribution in [2.24, 2.45) is 5.92 Å². The summed E-state index contributed by atoms with van der Waals surface area (Å²) in [4.78, 5) is 2.41. The fourth-order valence-electron chi connectivity index (χ4n) is 2.18. The van der Waals surface area contributed by atoms with E-state index in [9.17, 15) is 0 Å². The third-order valence-corrected chi connectivity index (χ3v) is 3.22. The molecule has 2 fully saturated rings. The van der Waals surface area contributed by atoms with Crippen LogP contribution in [0.2, 0.25) is 0 Å². The number of rotatable bonds is 3. The predicted octanol–water partition coefficient (Wildman–Crippen LogP) is 1.08. The normalized spacial score (nSPS) is 34.0. The average molecular weight is 168 g/mol. The molecule has 1 heterocycles. The van der Waals surface area contributed by atoms with Gasteiger partial charge in [0.05, 0.1) is 0 Å². The second-order valence-electron chi connectivity index (χ2n) is 4.54. The zero-order valence-electron chi connectivity index (χ0n) is 8.21. The molecule has 2 rings (SSSR count). The first-order valence-corrected chi connectivity index (χ1v) is 5.20. The summed E-state index contributed by atoms with van der Waals surface area (Å²) in [6.45, 7) is 4.86. The zero-order valence-corrected chi connectivity index (χ0v) is 8.21. The topological polar surface area (TPSA) is 15.3 Å². The van der Waals surface area contributed by atoms with Crippen LogP contribution in [-0.4, -0.2) is 37.1 Å². The van der Waals surface area contributed by atoms with Gasteiger partial charge in [-0.05, 0) is 45.7 Å². The van der Waals surface area contributed by atoms with Crippen LogP contribution < -0.4 is 5.32 Å². The minimum Gasteiger partial charge on any atom is -0.310 e. The largest absolute Gasteiger partial charge is 0.310 e. The van der Waals surface area contributed by atoms with E-state index in [1.54, 1.807) is 0 Å². The maximum Gasteiger partial charge on any atom is 0.0209 e. The third kappa shape index (κ3) is 1.99. The van der Waals surface area contributed by atoms with E-state index >= 15 is 0 Å². The lowest BCUT2D eigenvalue weighted by Gasteiger charge is -2.18. The van der Waals surface area contributed by atoms with Crippen molar-refractivity contribution in [3.05, 3.63) is 0 Å². The van der Waals surface area contributed by atoms with Gasteiger partial charge in [0.15, 0.2) is 0 Å². The molecule has 0 radical (unpaired) electrons. The molecular formula is C10H20N2. The Hall–Kier alpha value is -0.0800. The molecule has 1 saturated heterocycles. The van der Waals surface area contributed by atoms with Gasteiger partial charge in [0.1, 0.15) is 0 Å². The summed E-state index contributed by atoms with van der Waals surface area (Å²) in [6.07, 6.45) is 4.25. The van der Waals surface area contributed by atoms with Gasteiger partial charge in [0.2, 0.25) is 0 Å². The molecule has 2 nitrogen and oxygen atoms in total. The van der Waals surface area contributed by atoms with E-state index in [-0.39, 0.29) is 0 Å². The molecule has 12 heavy (non-hydrogen) atoms. The monoisotopic (exact) mass is 168 g/mol. The standard InChI is InChI=1S/C10H20N2/c1-8(9-3-4-9)11-10-5-6-12(2)7-10/h8-11H,3-7H2,1-2H3/t8-,10+/m1/s1. The van der Waals surface area contributed by atoms with Gasteiger partial charge in [-0.25, -0.2) is 0 Å². The summed E-state index contributed by atoms with van der Waals surface area (Å²) in [5.74, 6) is 0.996. The van der Waals surface area contributed by atoms with Gasteiger partial charge < -0.3 is 10.2 Å². The van der Waals surface area contributed by atoms with Crippen LogP contribution in [0.3, 0.4) is 0 Å². The van der Waals surface area contributed by atoms with E-state index in [0.717, 1.165) is 18.0 Å². The van der Waals surface area contributed by atoms with E-state index < -0.39 is 0 Å². The molecule has 1 aliphatic heterocycles. The van der Waals surface area contributed by atoms with Crippen LogP contribution in [0, 0.1) is 5.92 Å². The van der Waals surface area contributed by atoms with Crippen molar-refractivity contribution in [1.29, 1.82) is 0 Å². The van der Waals surface area contributed by atoms with Gasteiger partial charge in [0, 0.05) is 18.6 Å². The summed E-state index contributed by atoms with van der Waals surface area (Å²) in [6, 6.07) is 1.53. The molecule has 1 saturated carbocycles. The fraction of sp³-hybridized carbons (Fsp3) is 1.00. The molecule has 0 aromatic carbocycles. The summed E-state index contributed by atoms with van der Waals surface area (Å²) in [5, 5.41) is 3.73. The van der Waals surface area contributed by atoms with Crippen LogP contribution in [0.4, 0.5) is 0 Å². The van der Waals surface area contributed by atoms with Gasteiger partial charge in [0.25, 0.3) is 0 Å². The van der Waals surface area contributed by atoms with Gasteiger partial charge in [-0.1, -0.05) is 0 Å². The highest BCUT2D eigenvalue weighted by Crippen LogP contribution is 2.32. The second kappa shape index (κ2) is 3.35. The van der Waals surface area contributed by atoms with Crippen molar-refractivity contribution < 1.29 is 0 Å². The Morgan fingerprint density at radius 1 is 1.33 bits per heavy atom. The van der Waals surface area contributed by atoms with Crippen molar-refractivity contribution in [2.75, 3.05) is 20.1 Å². The third-order valence-electron chi connectivity index (χ3n) is 3.22. The molecule has 0 bridgehead atoms. The van der Waals surface area contributed by atoms with Gasteiger partial charge in [-0.2, -0.15) is 0 Å². The number of hydrogen-bond acceptors (Lipinski definition) is 2. The first-order valence-electron chi connectivity index (χ1n) is 5.20. The van der Waals surface area contributed by atoms with E-state index in [2.05, 4.69) is 24.2 Å². The minimum atomic E-state index is 0.765. The molecule has 1 N–H and O–H groups in total. The lowest BCUT2D eigenvalue weighted by atomic mass is 10.1. The number of likely N-dealkylation sites (tertiary alicyclic amines) is 1. The zero-order chi connectivity index (χ0) is 8.55. The molecule has 1 aliphatic carbocycles. The summed E-state index contributed by atoms with van der Waals surface area (Å²) in [5.41, 5.74) is 0. The van der Waals surface area contributed by atoms with Crippen LogP contribution in [0.25, 0.3) is 0 Å². The molecule has 0 unspecified atom stereocenters.